The molecule has 6 rings (SSSR count). The maximum atomic E-state index is 14.1. The van der Waals surface area contributed by atoms with E-state index >= 15 is 0 Å². The molecule has 0 radical (unpaired) electrons. The second kappa shape index (κ2) is 13.9. The maximum absolute atomic E-state index is 14.1. The molecular formula is C37H44BrN2O4+. The van der Waals surface area contributed by atoms with Crippen LogP contribution in [-0.4, -0.2) is 49.1 Å². The first-order chi connectivity index (χ1) is 21.4. The van der Waals surface area contributed by atoms with E-state index in [9.17, 15) is 9.59 Å². The highest BCUT2D eigenvalue weighted by atomic mass is 79.9. The lowest BCUT2D eigenvalue weighted by molar-refractivity contribution is -0.917. The van der Waals surface area contributed by atoms with E-state index in [2.05, 4.69) is 28.3 Å². The standard InChI is InChI=1S/C37H43BrN2O4/c1-40(24-26-10-6-3-2-4-7-11-26)20-18-30(19-21-40)39-36(41)35-31-22-28(37(42)43-25-27-12-8-5-9-13-27)14-16-33(31)44-34-17-15-29(38)23-32(34)35/h5,8-9,12-17,22-23,26,30,35H,2-4,6-7,10-11,18-21,24-25H2,1H3/p+1. The number of carbonyl (C=O) groups excluding carboxylic acids is 2. The summed E-state index contributed by atoms with van der Waals surface area (Å²) >= 11 is 3.58. The molecule has 1 saturated heterocycles. The van der Waals surface area contributed by atoms with Crippen LogP contribution in [-0.2, 0) is 16.1 Å². The monoisotopic (exact) mass is 659 g/mol. The van der Waals surface area contributed by atoms with Crippen molar-refractivity contribution in [2.45, 2.75) is 76.4 Å². The number of piperidine rings is 1. The van der Waals surface area contributed by atoms with Crippen LogP contribution in [0, 0.1) is 5.92 Å². The zero-order valence-electron chi connectivity index (χ0n) is 25.7. The van der Waals surface area contributed by atoms with Gasteiger partial charge in [0.15, 0.2) is 0 Å². The average molecular weight is 661 g/mol. The number of hydrogen-bond donors (Lipinski definition) is 1. The topological polar surface area (TPSA) is 64.6 Å². The number of fused-ring (bicyclic) bond motifs is 2. The first-order valence-electron chi connectivity index (χ1n) is 16.3. The van der Waals surface area contributed by atoms with Crippen molar-refractivity contribution in [2.24, 2.45) is 5.92 Å². The van der Waals surface area contributed by atoms with Gasteiger partial charge in [-0.15, -0.1) is 0 Å². The highest BCUT2D eigenvalue weighted by Crippen LogP contribution is 2.45. The van der Waals surface area contributed by atoms with E-state index in [0.717, 1.165) is 51.9 Å². The summed E-state index contributed by atoms with van der Waals surface area (Å²) in [6.45, 7) is 3.63. The number of nitrogens with one attached hydrogen (secondary N) is 1. The molecule has 3 aromatic carbocycles. The molecule has 232 valence electrons. The Hall–Kier alpha value is -3.16. The third-order valence-electron chi connectivity index (χ3n) is 9.84. The Kier molecular flexibility index (Phi) is 9.72. The Balaban J connectivity index is 1.16. The minimum Gasteiger partial charge on any atom is -0.457 e. The van der Waals surface area contributed by atoms with Crippen molar-refractivity contribution in [3.8, 4) is 11.5 Å². The van der Waals surface area contributed by atoms with Gasteiger partial charge in [0.25, 0.3) is 0 Å². The van der Waals surface area contributed by atoms with Crippen LogP contribution in [0.25, 0.3) is 0 Å². The summed E-state index contributed by atoms with van der Waals surface area (Å²) in [6, 6.07) is 20.8. The van der Waals surface area contributed by atoms with Gasteiger partial charge in [-0.1, -0.05) is 78.4 Å². The van der Waals surface area contributed by atoms with Gasteiger partial charge in [0, 0.05) is 40.4 Å². The van der Waals surface area contributed by atoms with Crippen LogP contribution in [0.2, 0.25) is 0 Å². The van der Waals surface area contributed by atoms with Crippen molar-refractivity contribution >= 4 is 27.8 Å². The van der Waals surface area contributed by atoms with Crippen LogP contribution in [0.4, 0.5) is 0 Å². The smallest absolute Gasteiger partial charge is 0.338 e. The quantitative estimate of drug-likeness (QED) is 0.205. The lowest BCUT2D eigenvalue weighted by atomic mass is 9.85. The fourth-order valence-electron chi connectivity index (χ4n) is 7.36. The van der Waals surface area contributed by atoms with E-state index in [1.54, 1.807) is 18.2 Å². The Morgan fingerprint density at radius 2 is 1.52 bits per heavy atom. The average Bonchev–Trinajstić information content (AvgIpc) is 3.01. The fraction of sp³-hybridized carbons (Fsp3) is 0.459. The third-order valence-corrected chi connectivity index (χ3v) is 10.3. The molecule has 6 nitrogen and oxygen atoms in total. The molecule has 3 aliphatic rings. The van der Waals surface area contributed by atoms with Gasteiger partial charge in [-0.2, -0.15) is 0 Å². The Morgan fingerprint density at radius 3 is 2.25 bits per heavy atom. The molecule has 1 atom stereocenters. The molecule has 2 heterocycles. The van der Waals surface area contributed by atoms with Crippen LogP contribution in [0.15, 0.2) is 71.2 Å². The van der Waals surface area contributed by atoms with Gasteiger partial charge in [-0.25, -0.2) is 4.79 Å². The van der Waals surface area contributed by atoms with Crippen molar-refractivity contribution in [2.75, 3.05) is 26.7 Å². The molecule has 2 fully saturated rings. The molecule has 3 aromatic rings. The lowest BCUT2D eigenvalue weighted by Crippen LogP contribution is -2.56. The van der Waals surface area contributed by atoms with Crippen LogP contribution in [0.3, 0.4) is 0 Å². The summed E-state index contributed by atoms with van der Waals surface area (Å²) < 4.78 is 13.8. The van der Waals surface area contributed by atoms with E-state index in [0.29, 0.717) is 22.6 Å². The summed E-state index contributed by atoms with van der Waals surface area (Å²) in [6.07, 6.45) is 11.6. The summed E-state index contributed by atoms with van der Waals surface area (Å²) in [5, 5.41) is 3.41. The molecule has 7 heteroatoms. The van der Waals surface area contributed by atoms with Gasteiger partial charge in [-0.3, -0.25) is 4.79 Å². The first kappa shape index (κ1) is 30.8. The third kappa shape index (κ3) is 7.37. The SMILES string of the molecule is C[N+]1(CC2CCCCCCC2)CCC(NC(=O)C2c3cc(Br)ccc3Oc3ccc(C(=O)OCc4ccccc4)cc32)CC1. The van der Waals surface area contributed by atoms with Crippen LogP contribution >= 0.6 is 15.9 Å². The number of quaternary nitrogens is 1. The van der Waals surface area contributed by atoms with Gasteiger partial charge in [0.05, 0.1) is 38.2 Å². The summed E-state index contributed by atoms with van der Waals surface area (Å²) in [4.78, 5) is 27.2. The van der Waals surface area contributed by atoms with Crippen molar-refractivity contribution in [1.29, 1.82) is 0 Å². The predicted octanol–water partition coefficient (Wildman–Crippen LogP) is 8.13. The summed E-state index contributed by atoms with van der Waals surface area (Å²) in [5.41, 5.74) is 2.80. The van der Waals surface area contributed by atoms with Crippen LogP contribution in [0.1, 0.15) is 90.8 Å². The van der Waals surface area contributed by atoms with Gasteiger partial charge in [0.2, 0.25) is 5.91 Å². The molecule has 1 saturated carbocycles. The lowest BCUT2D eigenvalue weighted by Gasteiger charge is -2.43. The molecule has 1 aliphatic carbocycles. The minimum absolute atomic E-state index is 0.0511. The molecule has 2 aliphatic heterocycles. The number of nitrogens with zero attached hydrogens (tertiary/aromatic N) is 1. The fourth-order valence-corrected chi connectivity index (χ4v) is 7.73. The number of benzene rings is 3. The van der Waals surface area contributed by atoms with Gasteiger partial charge in [-0.05, 0) is 54.8 Å². The highest BCUT2D eigenvalue weighted by molar-refractivity contribution is 9.10. The number of ether oxygens (including phenoxy) is 2. The van der Waals surface area contributed by atoms with Crippen molar-refractivity contribution in [1.82, 2.24) is 5.32 Å². The van der Waals surface area contributed by atoms with E-state index in [1.165, 1.54) is 51.5 Å². The largest absolute Gasteiger partial charge is 0.457 e. The maximum Gasteiger partial charge on any atom is 0.338 e. The number of likely N-dealkylation sites (tertiary alicyclic amines) is 1. The van der Waals surface area contributed by atoms with E-state index in [1.807, 2.05) is 48.5 Å². The zero-order chi connectivity index (χ0) is 30.5. The van der Waals surface area contributed by atoms with Gasteiger partial charge >= 0.3 is 5.97 Å². The molecule has 0 bridgehead atoms. The highest BCUT2D eigenvalue weighted by Gasteiger charge is 2.37. The van der Waals surface area contributed by atoms with Crippen LogP contribution in [0.5, 0.6) is 11.5 Å². The second-order valence-corrected chi connectivity index (χ2v) is 14.2. The molecule has 1 unspecified atom stereocenters. The van der Waals surface area contributed by atoms with Gasteiger partial charge < -0.3 is 19.3 Å². The number of amides is 1. The number of rotatable bonds is 7. The molecular weight excluding hydrogens is 616 g/mol. The van der Waals surface area contributed by atoms with Crippen LogP contribution < -0.4 is 10.1 Å². The molecule has 0 spiro atoms. The number of esters is 1. The zero-order valence-corrected chi connectivity index (χ0v) is 27.3. The van der Waals surface area contributed by atoms with Crippen molar-refractivity contribution < 1.29 is 23.5 Å². The molecule has 0 aromatic heterocycles. The summed E-state index contributed by atoms with van der Waals surface area (Å²) in [7, 11) is 2.41. The Bertz CT molecular complexity index is 1460. The van der Waals surface area contributed by atoms with E-state index in [-0.39, 0.29) is 18.6 Å². The normalized spacial score (nSPS) is 23.7. The van der Waals surface area contributed by atoms with Gasteiger partial charge in [0.1, 0.15) is 18.1 Å². The first-order valence-corrected chi connectivity index (χ1v) is 17.1. The number of carbonyl (C=O) groups is 2. The van der Waals surface area contributed by atoms with Crippen molar-refractivity contribution in [3.05, 3.63) is 93.5 Å². The Labute approximate surface area is 269 Å². The molecule has 1 amide bonds. The second-order valence-electron chi connectivity index (χ2n) is 13.3. The van der Waals surface area contributed by atoms with E-state index in [4.69, 9.17) is 9.47 Å². The Morgan fingerprint density at radius 1 is 0.864 bits per heavy atom. The minimum atomic E-state index is -0.592. The van der Waals surface area contributed by atoms with E-state index < -0.39 is 11.9 Å². The molecule has 44 heavy (non-hydrogen) atoms. The number of halogens is 1. The van der Waals surface area contributed by atoms with Crippen molar-refractivity contribution in [3.63, 3.8) is 0 Å². The summed E-state index contributed by atoms with van der Waals surface area (Å²) in [5.74, 6) is 1.01. The predicted molar refractivity (Wildman–Crippen MR) is 176 cm³/mol. The number of hydrogen-bond acceptors (Lipinski definition) is 4. The molecule has 1 N–H and O–H groups in total.